The third-order valence-corrected chi connectivity index (χ3v) is 6.52. The van der Waals surface area contributed by atoms with Crippen LogP contribution in [0.1, 0.15) is 33.6 Å². The normalized spacial score (nSPS) is 15.0. The van der Waals surface area contributed by atoms with Crippen molar-refractivity contribution in [2.75, 3.05) is 0 Å². The molecule has 2 aromatic carbocycles. The molecule has 7 nitrogen and oxygen atoms in total. The highest BCUT2D eigenvalue weighted by Crippen LogP contribution is 2.35. The fourth-order valence-electron chi connectivity index (χ4n) is 4.18. The second-order valence-corrected chi connectivity index (χ2v) is 9.15. The van der Waals surface area contributed by atoms with Gasteiger partial charge in [-0.05, 0) is 80.4 Å². The summed E-state index contributed by atoms with van der Waals surface area (Å²) in [6, 6.07) is 14.5. The molecule has 8 heteroatoms. The van der Waals surface area contributed by atoms with Crippen LogP contribution in [0, 0.1) is 37.8 Å². The van der Waals surface area contributed by atoms with E-state index in [0.29, 0.717) is 10.5 Å². The van der Waals surface area contributed by atoms with Gasteiger partial charge in [-0.1, -0.05) is 24.3 Å². The maximum atomic E-state index is 13.0. The molecular weight excluding hydrogens is 438 g/mol. The number of rotatable bonds is 5. The molecule has 1 fully saturated rings. The summed E-state index contributed by atoms with van der Waals surface area (Å²) in [6.45, 7) is 7.95. The molecule has 2 heterocycles. The van der Waals surface area contributed by atoms with E-state index in [1.807, 2.05) is 19.9 Å². The zero-order chi connectivity index (χ0) is 23.9. The number of amides is 2. The van der Waals surface area contributed by atoms with Gasteiger partial charge in [0.05, 0.1) is 16.4 Å². The molecule has 0 bridgehead atoms. The number of hydrogen-bond donors (Lipinski definition) is 0. The molecule has 1 aromatic heterocycles. The van der Waals surface area contributed by atoms with Gasteiger partial charge in [0.2, 0.25) is 0 Å². The monoisotopic (exact) mass is 461 g/mol. The number of carbonyl (C=O) groups excluding carboxylic acids is 2. The molecule has 1 saturated heterocycles. The molecule has 33 heavy (non-hydrogen) atoms. The van der Waals surface area contributed by atoms with Crippen molar-refractivity contribution in [3.63, 3.8) is 0 Å². The minimum absolute atomic E-state index is 0.113. The summed E-state index contributed by atoms with van der Waals surface area (Å²) in [6.07, 6.45) is 1.73. The highest BCUT2D eigenvalue weighted by Gasteiger charge is 2.36. The van der Waals surface area contributed by atoms with Crippen LogP contribution in [-0.4, -0.2) is 25.5 Å². The molecule has 0 N–H and O–H groups in total. The number of aryl methyl sites for hydroxylation is 3. The number of nitro benzene ring substituents is 1. The van der Waals surface area contributed by atoms with E-state index in [-0.39, 0.29) is 12.2 Å². The summed E-state index contributed by atoms with van der Waals surface area (Å²) < 4.78 is 2.13. The number of thioether (sulfide) groups is 1. The lowest BCUT2D eigenvalue weighted by molar-refractivity contribution is -0.385. The van der Waals surface area contributed by atoms with E-state index < -0.39 is 16.1 Å². The lowest BCUT2D eigenvalue weighted by Gasteiger charge is -2.12. The van der Waals surface area contributed by atoms with Crippen LogP contribution < -0.4 is 0 Å². The van der Waals surface area contributed by atoms with E-state index in [1.54, 1.807) is 24.3 Å². The molecule has 0 unspecified atom stereocenters. The van der Waals surface area contributed by atoms with Crippen LogP contribution >= 0.6 is 11.8 Å². The van der Waals surface area contributed by atoms with E-state index >= 15 is 0 Å². The molecule has 0 aliphatic carbocycles. The van der Waals surface area contributed by atoms with Gasteiger partial charge in [-0.3, -0.25) is 24.6 Å². The highest BCUT2D eigenvalue weighted by molar-refractivity contribution is 8.18. The Morgan fingerprint density at radius 1 is 1.00 bits per heavy atom. The van der Waals surface area contributed by atoms with Crippen molar-refractivity contribution in [2.24, 2.45) is 0 Å². The van der Waals surface area contributed by atoms with E-state index in [9.17, 15) is 19.7 Å². The fourth-order valence-corrected chi connectivity index (χ4v) is 5.01. The van der Waals surface area contributed by atoms with Crippen LogP contribution in [-0.2, 0) is 11.3 Å². The Morgan fingerprint density at radius 3 is 2.33 bits per heavy atom. The number of benzene rings is 2. The van der Waals surface area contributed by atoms with Crippen molar-refractivity contribution in [3.8, 4) is 5.69 Å². The van der Waals surface area contributed by atoms with Crippen molar-refractivity contribution < 1.29 is 14.5 Å². The second kappa shape index (κ2) is 8.71. The maximum Gasteiger partial charge on any atom is 0.293 e. The molecule has 1 aliphatic heterocycles. The van der Waals surface area contributed by atoms with Crippen LogP contribution in [0.2, 0.25) is 0 Å². The standard InChI is InChI=1S/C25H23N3O4S/c1-15-9-16(2)11-21(10-15)27-17(3)12-20(18(27)4)13-23-24(29)26(25(30)33-23)14-19-7-5-6-8-22(19)28(31)32/h5-13H,14H2,1-4H3/b23-13-. The number of nitro groups is 1. The number of carbonyl (C=O) groups is 2. The van der Waals surface area contributed by atoms with Gasteiger partial charge in [-0.15, -0.1) is 0 Å². The van der Waals surface area contributed by atoms with E-state index in [1.165, 1.54) is 6.07 Å². The molecular formula is C25H23N3O4S. The second-order valence-electron chi connectivity index (χ2n) is 8.16. The number of hydrogen-bond acceptors (Lipinski definition) is 5. The van der Waals surface area contributed by atoms with Gasteiger partial charge in [-0.2, -0.15) is 0 Å². The lowest BCUT2D eigenvalue weighted by Crippen LogP contribution is -2.27. The average Bonchev–Trinajstić information content (AvgIpc) is 3.17. The third kappa shape index (κ3) is 4.34. The number of para-hydroxylation sites is 1. The van der Waals surface area contributed by atoms with Crippen LogP contribution in [0.5, 0.6) is 0 Å². The van der Waals surface area contributed by atoms with Gasteiger partial charge in [0.15, 0.2) is 0 Å². The van der Waals surface area contributed by atoms with Gasteiger partial charge < -0.3 is 4.57 Å². The molecule has 0 spiro atoms. The predicted molar refractivity (Wildman–Crippen MR) is 129 cm³/mol. The highest BCUT2D eigenvalue weighted by atomic mass is 32.2. The summed E-state index contributed by atoms with van der Waals surface area (Å²) in [5, 5.41) is 10.9. The van der Waals surface area contributed by atoms with Gasteiger partial charge >= 0.3 is 0 Å². The van der Waals surface area contributed by atoms with Gasteiger partial charge in [0.25, 0.3) is 16.8 Å². The first-order chi connectivity index (χ1) is 15.7. The molecule has 0 radical (unpaired) electrons. The van der Waals surface area contributed by atoms with Crippen LogP contribution in [0.4, 0.5) is 10.5 Å². The van der Waals surface area contributed by atoms with Crippen molar-refractivity contribution in [3.05, 3.63) is 97.2 Å². The first kappa shape index (κ1) is 22.5. The summed E-state index contributed by atoms with van der Waals surface area (Å²) in [5.41, 5.74) is 6.40. The SMILES string of the molecule is Cc1cc(C)cc(-n2c(C)cc(/C=C3\SC(=O)N(Cc4ccccc4[N+](=O)[O-])C3=O)c2C)c1. The number of aromatic nitrogens is 1. The predicted octanol–water partition coefficient (Wildman–Crippen LogP) is 5.86. The Labute approximate surface area is 195 Å². The summed E-state index contributed by atoms with van der Waals surface area (Å²) in [5.74, 6) is -0.445. The largest absolute Gasteiger partial charge is 0.318 e. The van der Waals surface area contributed by atoms with Crippen molar-refractivity contribution in [1.29, 1.82) is 0 Å². The molecule has 168 valence electrons. The fraction of sp³-hybridized carbons (Fsp3) is 0.200. The topological polar surface area (TPSA) is 85.4 Å². The van der Waals surface area contributed by atoms with E-state index in [0.717, 1.165) is 50.4 Å². The summed E-state index contributed by atoms with van der Waals surface area (Å²) >= 11 is 0.854. The Balaban J connectivity index is 1.65. The molecule has 3 aromatic rings. The molecule has 4 rings (SSSR count). The van der Waals surface area contributed by atoms with Crippen LogP contribution in [0.3, 0.4) is 0 Å². The third-order valence-electron chi connectivity index (χ3n) is 5.61. The van der Waals surface area contributed by atoms with E-state index in [2.05, 4.69) is 36.6 Å². The first-order valence-corrected chi connectivity index (χ1v) is 11.2. The Hall–Kier alpha value is -3.65. The Kier molecular flexibility index (Phi) is 5.95. The zero-order valence-electron chi connectivity index (χ0n) is 18.8. The number of imide groups is 1. The molecule has 0 saturated carbocycles. The van der Waals surface area contributed by atoms with Crippen molar-refractivity contribution >= 4 is 34.7 Å². The lowest BCUT2D eigenvalue weighted by atomic mass is 10.1. The van der Waals surface area contributed by atoms with Gasteiger partial charge in [-0.25, -0.2) is 0 Å². The van der Waals surface area contributed by atoms with Gasteiger partial charge in [0.1, 0.15) is 0 Å². The van der Waals surface area contributed by atoms with Crippen molar-refractivity contribution in [2.45, 2.75) is 34.2 Å². The Morgan fingerprint density at radius 2 is 1.67 bits per heavy atom. The average molecular weight is 462 g/mol. The molecule has 1 aliphatic rings. The van der Waals surface area contributed by atoms with Crippen LogP contribution in [0.15, 0.2) is 53.4 Å². The van der Waals surface area contributed by atoms with E-state index in [4.69, 9.17) is 0 Å². The minimum Gasteiger partial charge on any atom is -0.318 e. The Bertz CT molecular complexity index is 1320. The quantitative estimate of drug-likeness (QED) is 0.270. The summed E-state index contributed by atoms with van der Waals surface area (Å²) in [7, 11) is 0. The minimum atomic E-state index is -0.508. The first-order valence-electron chi connectivity index (χ1n) is 10.4. The van der Waals surface area contributed by atoms with Crippen LogP contribution in [0.25, 0.3) is 11.8 Å². The molecule has 0 atom stereocenters. The summed E-state index contributed by atoms with van der Waals surface area (Å²) in [4.78, 5) is 37.7. The zero-order valence-corrected chi connectivity index (χ0v) is 19.6. The van der Waals surface area contributed by atoms with Gasteiger partial charge in [0, 0.05) is 28.7 Å². The maximum absolute atomic E-state index is 13.0. The number of nitrogens with zero attached hydrogens (tertiary/aromatic N) is 3. The smallest absolute Gasteiger partial charge is 0.293 e. The molecule has 2 amide bonds. The van der Waals surface area contributed by atoms with Crippen molar-refractivity contribution in [1.82, 2.24) is 9.47 Å².